The Morgan fingerprint density at radius 1 is 0.635 bits per heavy atom. The Balaban J connectivity index is 1.40. The molecule has 4 aromatic heterocycles. The molecule has 0 saturated heterocycles. The summed E-state index contributed by atoms with van der Waals surface area (Å²) in [6.07, 6.45) is 12.2. The number of hydrogen-bond donors (Lipinski definition) is 4. The van der Waals surface area contributed by atoms with Crippen molar-refractivity contribution < 1.29 is 4.79 Å². The third-order valence-corrected chi connectivity index (χ3v) is 11.1. The normalized spacial score (nSPS) is 13.6. The molecule has 0 amide bonds. The average Bonchev–Trinajstić information content (AvgIpc) is 3.87. The maximum Gasteiger partial charge on any atom is 0.150 e. The van der Waals surface area contributed by atoms with Crippen LogP contribution in [0.25, 0.3) is 22.5 Å². The molecule has 0 saturated carbocycles. The molecule has 52 heavy (non-hydrogen) atoms. The van der Waals surface area contributed by atoms with Gasteiger partial charge in [0.1, 0.15) is 11.6 Å². The van der Waals surface area contributed by atoms with Crippen molar-refractivity contribution in [3.05, 3.63) is 142 Å². The van der Waals surface area contributed by atoms with Crippen LogP contribution in [-0.4, -0.2) is 47.1 Å². The number of benzene rings is 2. The van der Waals surface area contributed by atoms with Gasteiger partial charge in [-0.25, -0.2) is 9.97 Å². The SMILES string of the molecule is CCC(C(=N)C(Cc1ccccc1Br)C(=O)C(Cc1ccccc1Br)C(=N)C(CC)c1ncc(-c2ccncc2)[nH]1)c1ncc(-c2ccncc2)[nH]1. The van der Waals surface area contributed by atoms with Crippen LogP contribution in [0.15, 0.2) is 119 Å². The second-order valence-corrected chi connectivity index (χ2v) is 14.5. The molecule has 9 nitrogen and oxygen atoms in total. The van der Waals surface area contributed by atoms with Crippen LogP contribution in [-0.2, 0) is 17.6 Å². The Morgan fingerprint density at radius 3 is 1.38 bits per heavy atom. The maximum absolute atomic E-state index is 15.3. The Hall–Kier alpha value is -4.87. The largest absolute Gasteiger partial charge is 0.341 e. The number of carbonyl (C=O) groups is 1. The number of imidazole rings is 2. The molecule has 0 aliphatic rings. The summed E-state index contributed by atoms with van der Waals surface area (Å²) in [7, 11) is 0. The Bertz CT molecular complexity index is 2000. The first-order valence-corrected chi connectivity index (χ1v) is 18.9. The molecule has 4 atom stereocenters. The van der Waals surface area contributed by atoms with Crippen LogP contribution in [0.3, 0.4) is 0 Å². The number of hydrogen-bond acceptors (Lipinski definition) is 7. The van der Waals surface area contributed by atoms with Crippen LogP contribution in [0.4, 0.5) is 0 Å². The van der Waals surface area contributed by atoms with Crippen molar-refractivity contribution in [2.24, 2.45) is 11.8 Å². The number of aromatic nitrogens is 6. The lowest BCUT2D eigenvalue weighted by Gasteiger charge is -2.29. The van der Waals surface area contributed by atoms with E-state index in [1.807, 2.05) is 86.6 Å². The average molecular weight is 821 g/mol. The number of H-pyrrole nitrogens is 2. The topological polar surface area (TPSA) is 148 Å². The first kappa shape index (κ1) is 36.9. The molecule has 0 fully saturated rings. The molecular formula is C41H40Br2N8O. The molecule has 0 aliphatic carbocycles. The van der Waals surface area contributed by atoms with Crippen LogP contribution >= 0.6 is 31.9 Å². The van der Waals surface area contributed by atoms with Crippen molar-refractivity contribution in [3.63, 3.8) is 0 Å². The van der Waals surface area contributed by atoms with Gasteiger partial charge in [-0.3, -0.25) is 14.8 Å². The highest BCUT2D eigenvalue weighted by atomic mass is 79.9. The van der Waals surface area contributed by atoms with Gasteiger partial charge in [-0.15, -0.1) is 0 Å². The van der Waals surface area contributed by atoms with Gasteiger partial charge in [-0.1, -0.05) is 82.1 Å². The number of carbonyl (C=O) groups excluding carboxylic acids is 1. The van der Waals surface area contributed by atoms with E-state index in [-0.39, 0.29) is 17.2 Å². The van der Waals surface area contributed by atoms with E-state index >= 15 is 4.79 Å². The van der Waals surface area contributed by atoms with Crippen molar-refractivity contribution in [2.45, 2.75) is 51.4 Å². The number of halogens is 2. The monoisotopic (exact) mass is 818 g/mol. The van der Waals surface area contributed by atoms with Crippen molar-refractivity contribution in [1.82, 2.24) is 29.9 Å². The molecule has 264 valence electrons. The second-order valence-electron chi connectivity index (χ2n) is 12.8. The van der Waals surface area contributed by atoms with Gasteiger partial charge in [0.2, 0.25) is 0 Å². The molecule has 2 aromatic carbocycles. The van der Waals surface area contributed by atoms with Gasteiger partial charge < -0.3 is 20.8 Å². The zero-order chi connectivity index (χ0) is 36.6. The van der Waals surface area contributed by atoms with E-state index in [2.05, 4.69) is 51.8 Å². The fraction of sp³-hybridized carbons (Fsp3) is 0.244. The third-order valence-electron chi connectivity index (χ3n) is 9.60. The molecule has 6 rings (SSSR count). The van der Waals surface area contributed by atoms with E-state index < -0.39 is 23.7 Å². The van der Waals surface area contributed by atoms with Crippen LogP contribution in [0.1, 0.15) is 61.3 Å². The summed E-state index contributed by atoms with van der Waals surface area (Å²) >= 11 is 7.39. The van der Waals surface area contributed by atoms with Crippen molar-refractivity contribution in [1.29, 1.82) is 10.8 Å². The van der Waals surface area contributed by atoms with Gasteiger partial charge in [-0.05, 0) is 73.2 Å². The van der Waals surface area contributed by atoms with Crippen LogP contribution < -0.4 is 0 Å². The van der Waals surface area contributed by atoms with Crippen LogP contribution in [0.2, 0.25) is 0 Å². The summed E-state index contributed by atoms with van der Waals surface area (Å²) in [4.78, 5) is 39.9. The highest BCUT2D eigenvalue weighted by Gasteiger charge is 2.39. The first-order valence-electron chi connectivity index (χ1n) is 17.4. The van der Waals surface area contributed by atoms with Gasteiger partial charge in [0.15, 0.2) is 5.78 Å². The smallest absolute Gasteiger partial charge is 0.150 e. The van der Waals surface area contributed by atoms with Crippen LogP contribution in [0.5, 0.6) is 0 Å². The zero-order valence-corrected chi connectivity index (χ0v) is 32.2. The molecule has 0 aliphatic heterocycles. The van der Waals surface area contributed by atoms with E-state index in [4.69, 9.17) is 9.97 Å². The number of nitrogens with one attached hydrogen (secondary N) is 4. The predicted molar refractivity (Wildman–Crippen MR) is 213 cm³/mol. The molecule has 6 aromatic rings. The van der Waals surface area contributed by atoms with Crippen LogP contribution in [0, 0.1) is 22.7 Å². The Morgan fingerprint density at radius 2 is 1.02 bits per heavy atom. The standard InChI is InChI=1S/C41H40Br2N8O/c1-3-29(40-48-23-35(50-40)25-13-17-46-18-14-25)37(44)31(21-27-9-5-7-11-33(27)42)39(52)32(22-28-10-6-8-12-34(28)43)38(45)30(4-2)41-49-24-36(51-41)26-15-19-47-20-16-26/h5-20,23-24,29-32,44-45H,3-4,21-22H2,1-2H3,(H,48,50)(H,49,51). The minimum atomic E-state index is -0.826. The fourth-order valence-corrected chi connectivity index (χ4v) is 7.62. The van der Waals surface area contributed by atoms with Crippen molar-refractivity contribution in [3.8, 4) is 22.5 Å². The number of pyridine rings is 2. The van der Waals surface area contributed by atoms with E-state index in [9.17, 15) is 10.8 Å². The Kier molecular flexibility index (Phi) is 12.1. The van der Waals surface area contributed by atoms with Crippen molar-refractivity contribution in [2.75, 3.05) is 0 Å². The van der Waals surface area contributed by atoms with E-state index in [0.29, 0.717) is 37.3 Å². The molecule has 0 spiro atoms. The molecule has 0 bridgehead atoms. The van der Waals surface area contributed by atoms with Gasteiger partial charge in [0.25, 0.3) is 0 Å². The van der Waals surface area contributed by atoms with Gasteiger partial charge in [0, 0.05) is 56.3 Å². The van der Waals surface area contributed by atoms with E-state index in [1.54, 1.807) is 37.2 Å². The highest BCUT2D eigenvalue weighted by molar-refractivity contribution is 9.10. The summed E-state index contributed by atoms with van der Waals surface area (Å²) in [5, 5.41) is 19.5. The second kappa shape index (κ2) is 17.1. The van der Waals surface area contributed by atoms with Gasteiger partial charge in [0.05, 0.1) is 47.5 Å². The number of rotatable bonds is 16. The highest BCUT2D eigenvalue weighted by Crippen LogP contribution is 2.34. The molecule has 11 heteroatoms. The Labute approximate surface area is 320 Å². The lowest BCUT2D eigenvalue weighted by atomic mass is 9.74. The summed E-state index contributed by atoms with van der Waals surface area (Å²) in [5.41, 5.74) is 5.90. The van der Waals surface area contributed by atoms with Gasteiger partial charge >= 0.3 is 0 Å². The predicted octanol–water partition coefficient (Wildman–Crippen LogP) is 9.80. The first-order chi connectivity index (χ1) is 25.3. The minimum Gasteiger partial charge on any atom is -0.341 e. The maximum atomic E-state index is 15.3. The lowest BCUT2D eigenvalue weighted by Crippen LogP contribution is -2.40. The number of ketones is 1. The number of aromatic amines is 2. The molecular weight excluding hydrogens is 780 g/mol. The number of nitrogens with zero attached hydrogens (tertiary/aromatic N) is 4. The quantitative estimate of drug-likeness (QED) is 0.0718. The molecule has 4 unspecified atom stereocenters. The third kappa shape index (κ3) is 8.26. The number of Topliss-reactive ketones (excluding diaryl/α,β-unsaturated/α-hetero) is 1. The lowest BCUT2D eigenvalue weighted by molar-refractivity contribution is -0.123. The van der Waals surface area contributed by atoms with Crippen molar-refractivity contribution >= 4 is 49.1 Å². The summed E-state index contributed by atoms with van der Waals surface area (Å²) in [5.74, 6) is -1.44. The summed E-state index contributed by atoms with van der Waals surface area (Å²) < 4.78 is 1.74. The summed E-state index contributed by atoms with van der Waals surface area (Å²) in [6, 6.07) is 23.3. The fourth-order valence-electron chi connectivity index (χ4n) is 6.73. The van der Waals surface area contributed by atoms with E-state index in [0.717, 1.165) is 42.6 Å². The zero-order valence-electron chi connectivity index (χ0n) is 29.0. The molecule has 0 radical (unpaired) electrons. The molecule has 4 heterocycles. The van der Waals surface area contributed by atoms with Gasteiger partial charge in [-0.2, -0.15) is 0 Å². The molecule has 4 N–H and O–H groups in total. The minimum absolute atomic E-state index is 0.166. The summed E-state index contributed by atoms with van der Waals surface area (Å²) in [6.45, 7) is 4.03. The van der Waals surface area contributed by atoms with E-state index in [1.165, 1.54) is 0 Å².